The molecule has 0 heterocycles. The highest BCUT2D eigenvalue weighted by Gasteiger charge is 2.50. The summed E-state index contributed by atoms with van der Waals surface area (Å²) >= 11 is 0. The maximum Gasteiger partial charge on any atom is 0.410 e. The van der Waals surface area contributed by atoms with Crippen LogP contribution in [0.5, 0.6) is 5.75 Å². The molecule has 4 rings (SSSR count). The Morgan fingerprint density at radius 2 is 1.33 bits per heavy atom. The van der Waals surface area contributed by atoms with Crippen LogP contribution in [0.3, 0.4) is 0 Å². The summed E-state index contributed by atoms with van der Waals surface area (Å²) in [4.78, 5) is 27.7. The molecule has 4 aromatic carbocycles. The third-order valence-corrected chi connectivity index (χ3v) is 13.0. The van der Waals surface area contributed by atoms with Gasteiger partial charge in [-0.05, 0) is 51.5 Å². The lowest BCUT2D eigenvalue weighted by Gasteiger charge is -2.42. The molecule has 4 aromatic rings. The molecule has 226 valence electrons. The van der Waals surface area contributed by atoms with Crippen LogP contribution in [0.15, 0.2) is 115 Å². The monoisotopic (exact) mass is 597 g/mol. The molecule has 7 heteroatoms. The summed E-state index contributed by atoms with van der Waals surface area (Å²) in [5.41, 5.74) is 1.82. The van der Waals surface area contributed by atoms with E-state index in [2.05, 4.69) is 13.8 Å². The Bertz CT molecular complexity index is 1380. The van der Waals surface area contributed by atoms with Crippen LogP contribution in [-0.2, 0) is 16.1 Å². The predicted octanol–water partition coefficient (Wildman–Crippen LogP) is 6.33. The average Bonchev–Trinajstić information content (AvgIpc) is 3.06. The van der Waals surface area contributed by atoms with Crippen LogP contribution in [0, 0.1) is 0 Å². The molecular formula is C36H43NO5Si. The van der Waals surface area contributed by atoms with Gasteiger partial charge in [-0.3, -0.25) is 0 Å². The van der Waals surface area contributed by atoms with Crippen LogP contribution in [0.25, 0.3) is 0 Å². The van der Waals surface area contributed by atoms with E-state index in [4.69, 9.17) is 14.2 Å². The quantitative estimate of drug-likeness (QED) is 0.182. The summed E-state index contributed by atoms with van der Waals surface area (Å²) in [5.74, 6) is 0.730. The van der Waals surface area contributed by atoms with Crippen LogP contribution in [0.2, 0.25) is 5.04 Å². The molecule has 0 aliphatic rings. The fraction of sp³-hybridized carbons (Fsp3) is 0.306. The summed E-state index contributed by atoms with van der Waals surface area (Å²) in [7, 11) is 1.84. The van der Waals surface area contributed by atoms with Crippen LogP contribution in [0.4, 0.5) is 4.79 Å². The summed E-state index contributed by atoms with van der Waals surface area (Å²) in [6.07, 6.45) is 0.459. The van der Waals surface area contributed by atoms with Gasteiger partial charge in [0.25, 0.3) is 8.32 Å². The third kappa shape index (κ3) is 7.36. The molecule has 0 aromatic heterocycles. The van der Waals surface area contributed by atoms with Gasteiger partial charge in [0.2, 0.25) is 0 Å². The van der Waals surface area contributed by atoms with Crippen LogP contribution >= 0.6 is 0 Å². The molecular weight excluding hydrogens is 554 g/mol. The van der Waals surface area contributed by atoms with Gasteiger partial charge >= 0.3 is 6.09 Å². The molecule has 0 radical (unpaired) electrons. The Balaban J connectivity index is 1.62. The minimum Gasteiger partial charge on any atom is -0.497 e. The average molecular weight is 598 g/mol. The van der Waals surface area contributed by atoms with Crippen LogP contribution < -0.4 is 15.1 Å². The van der Waals surface area contributed by atoms with Crippen molar-refractivity contribution in [3.63, 3.8) is 0 Å². The van der Waals surface area contributed by atoms with Crippen LogP contribution in [0.1, 0.15) is 43.9 Å². The van der Waals surface area contributed by atoms with E-state index in [1.165, 1.54) is 0 Å². The fourth-order valence-corrected chi connectivity index (χ4v) is 9.57. The lowest BCUT2D eigenvalue weighted by atomic mass is 9.93. The van der Waals surface area contributed by atoms with E-state index in [1.54, 1.807) is 26.2 Å². The van der Waals surface area contributed by atoms with E-state index in [0.29, 0.717) is 12.8 Å². The second kappa shape index (κ2) is 14.5. The van der Waals surface area contributed by atoms with Crippen molar-refractivity contribution < 1.29 is 23.8 Å². The first-order valence-electron chi connectivity index (χ1n) is 14.6. The van der Waals surface area contributed by atoms with E-state index in [9.17, 15) is 9.59 Å². The lowest BCUT2D eigenvalue weighted by Crippen LogP contribution is -2.65. The van der Waals surface area contributed by atoms with Crippen molar-refractivity contribution in [1.82, 2.24) is 4.90 Å². The van der Waals surface area contributed by atoms with Gasteiger partial charge in [0.1, 0.15) is 12.4 Å². The number of hydrogen-bond acceptors (Lipinski definition) is 5. The number of ether oxygens (including phenoxy) is 3. The van der Waals surface area contributed by atoms with E-state index >= 15 is 0 Å². The minimum absolute atomic E-state index is 0.177. The van der Waals surface area contributed by atoms with E-state index in [0.717, 1.165) is 27.2 Å². The number of nitrogens with zero attached hydrogens (tertiary/aromatic N) is 1. The summed E-state index contributed by atoms with van der Waals surface area (Å²) in [5, 5.41) is 1.46. The summed E-state index contributed by atoms with van der Waals surface area (Å²) < 4.78 is 17.2. The highest BCUT2D eigenvalue weighted by Crippen LogP contribution is 2.42. The maximum atomic E-state index is 13.4. The molecule has 1 N–H and O–H groups in total. The standard InChI is InChI=1S/C36H43NO5Si/c1-36(2,43(39,31-17-11-7-12-18-31)32-19-13-8-14-20-32)26-25-33(41-5)34(29-21-23-30(40-4)24-22-29)37(3)35(38)42-27-28-15-9-6-10-16-28/h6-24,33-34,39H,25-27H2,1-5H3/t33-,34+/m0/s1. The number of hydrogen-bond donors (Lipinski definition) is 1. The molecule has 1 amide bonds. The summed E-state index contributed by atoms with van der Waals surface area (Å²) in [6.45, 7) is 4.47. The maximum absolute atomic E-state index is 13.4. The molecule has 0 spiro atoms. The van der Waals surface area contributed by atoms with Crippen molar-refractivity contribution in [3.05, 3.63) is 126 Å². The van der Waals surface area contributed by atoms with Crippen molar-refractivity contribution in [3.8, 4) is 5.75 Å². The smallest absolute Gasteiger partial charge is 0.410 e. The van der Waals surface area contributed by atoms with Gasteiger partial charge in [-0.2, -0.15) is 0 Å². The van der Waals surface area contributed by atoms with E-state index in [1.807, 2.05) is 115 Å². The first-order chi connectivity index (χ1) is 20.7. The van der Waals surface area contributed by atoms with Crippen molar-refractivity contribution in [2.45, 2.75) is 50.5 Å². The third-order valence-electron chi connectivity index (χ3n) is 8.44. The molecule has 0 aliphatic heterocycles. The molecule has 6 nitrogen and oxygen atoms in total. The number of rotatable bonds is 13. The van der Waals surface area contributed by atoms with Crippen molar-refractivity contribution in [1.29, 1.82) is 0 Å². The first kappa shape index (κ1) is 32.0. The topological polar surface area (TPSA) is 68.2 Å². The Morgan fingerprint density at radius 1 is 0.814 bits per heavy atom. The largest absolute Gasteiger partial charge is 0.497 e. The molecule has 0 unspecified atom stereocenters. The SMILES string of the molecule is COc1ccc([C@H]([C@H](CCC(C)(C)[Si](O)(c2ccccc2)c2ccccc2)OC)N(C)C(=O)OCc2ccccc2)cc1. The number of methoxy groups -OCH3 is 2. The van der Waals surface area contributed by atoms with Crippen molar-refractivity contribution >= 4 is 24.8 Å². The molecule has 0 saturated heterocycles. The molecule has 43 heavy (non-hydrogen) atoms. The number of carbonyl (C=O) groups excluding carboxylic acids is 1. The Hall–Kier alpha value is -3.91. The predicted molar refractivity (Wildman–Crippen MR) is 174 cm³/mol. The van der Waals surface area contributed by atoms with Gasteiger partial charge in [-0.25, -0.2) is 4.79 Å². The van der Waals surface area contributed by atoms with Gasteiger partial charge < -0.3 is 23.9 Å². The number of likely N-dealkylation sites (N-methyl/N-ethyl adjacent to an activating group) is 1. The highest BCUT2D eigenvalue weighted by atomic mass is 28.4. The zero-order valence-corrected chi connectivity index (χ0v) is 26.8. The van der Waals surface area contributed by atoms with E-state index < -0.39 is 25.5 Å². The Kier molecular flexibility index (Phi) is 10.8. The fourth-order valence-electron chi connectivity index (χ4n) is 5.82. The van der Waals surface area contributed by atoms with Gasteiger partial charge in [-0.1, -0.05) is 117 Å². The van der Waals surface area contributed by atoms with Crippen molar-refractivity contribution in [2.75, 3.05) is 21.3 Å². The molecule has 2 atom stereocenters. The highest BCUT2D eigenvalue weighted by molar-refractivity contribution is 6.98. The van der Waals surface area contributed by atoms with Gasteiger partial charge in [-0.15, -0.1) is 0 Å². The Morgan fingerprint density at radius 3 is 1.81 bits per heavy atom. The minimum atomic E-state index is -3.21. The lowest BCUT2D eigenvalue weighted by molar-refractivity contribution is 0.00834. The van der Waals surface area contributed by atoms with Crippen molar-refractivity contribution in [2.24, 2.45) is 0 Å². The number of benzene rings is 4. The second-order valence-electron chi connectivity index (χ2n) is 11.5. The van der Waals surface area contributed by atoms with Gasteiger partial charge in [0.15, 0.2) is 0 Å². The number of carbonyl (C=O) groups is 1. The zero-order chi connectivity index (χ0) is 30.9. The van der Waals surface area contributed by atoms with Gasteiger partial charge in [0.05, 0.1) is 19.3 Å². The van der Waals surface area contributed by atoms with Crippen LogP contribution in [-0.4, -0.2) is 51.5 Å². The molecule has 0 saturated carbocycles. The van der Waals surface area contributed by atoms with Gasteiger partial charge in [0, 0.05) is 14.2 Å². The first-order valence-corrected chi connectivity index (χ1v) is 16.6. The summed E-state index contributed by atoms with van der Waals surface area (Å²) in [6, 6.07) is 36.9. The molecule has 0 bridgehead atoms. The second-order valence-corrected chi connectivity index (χ2v) is 15.4. The molecule has 0 aliphatic carbocycles. The normalized spacial score (nSPS) is 13.2. The zero-order valence-electron chi connectivity index (χ0n) is 25.8. The number of amides is 1. The Labute approximate surface area is 257 Å². The molecule has 0 fully saturated rings. The van der Waals surface area contributed by atoms with E-state index in [-0.39, 0.29) is 12.7 Å².